The lowest BCUT2D eigenvalue weighted by atomic mass is 10.2. The van der Waals surface area contributed by atoms with Crippen LogP contribution in [-0.2, 0) is 6.61 Å². The smallest absolute Gasteiger partial charge is 0.232 e. The van der Waals surface area contributed by atoms with Crippen molar-refractivity contribution < 1.29 is 9.47 Å². The predicted molar refractivity (Wildman–Crippen MR) is 71.0 cm³/mol. The van der Waals surface area contributed by atoms with E-state index in [1.165, 1.54) is 0 Å². The van der Waals surface area contributed by atoms with Gasteiger partial charge in [0.1, 0.15) is 24.0 Å². The Hall–Kier alpha value is -2.54. The van der Waals surface area contributed by atoms with Crippen LogP contribution in [0.25, 0.3) is 0 Å². The second-order valence-electron chi connectivity index (χ2n) is 4.06. The molecule has 0 aliphatic rings. The first-order chi connectivity index (χ1) is 9.22. The van der Waals surface area contributed by atoms with Crippen molar-refractivity contribution in [2.24, 2.45) is 0 Å². The molecule has 0 atom stereocenters. The van der Waals surface area contributed by atoms with Gasteiger partial charge in [-0.3, -0.25) is 0 Å². The topological polar surface area (TPSA) is 55.1 Å². The average Bonchev–Trinajstić information content (AvgIpc) is 2.45. The summed E-state index contributed by atoms with van der Waals surface area (Å²) in [5, 5.41) is 9.00. The third-order valence-electron chi connectivity index (χ3n) is 2.63. The molecule has 4 nitrogen and oxygen atoms in total. The lowest BCUT2D eigenvalue weighted by Gasteiger charge is -2.08. The molecule has 0 N–H and O–H groups in total. The fourth-order valence-electron chi connectivity index (χ4n) is 1.64. The fourth-order valence-corrected chi connectivity index (χ4v) is 1.64. The molecule has 0 aliphatic carbocycles. The first-order valence-electron chi connectivity index (χ1n) is 5.86. The summed E-state index contributed by atoms with van der Waals surface area (Å²) in [5.41, 5.74) is 2.22. The van der Waals surface area contributed by atoms with Crippen molar-refractivity contribution in [3.63, 3.8) is 0 Å². The van der Waals surface area contributed by atoms with Gasteiger partial charge in [-0.1, -0.05) is 12.1 Å². The normalized spacial score (nSPS) is 9.74. The SMILES string of the molecule is COc1cccc(COc2nc(C)ccc2C#N)c1. The van der Waals surface area contributed by atoms with Crippen LogP contribution in [0.1, 0.15) is 16.8 Å². The molecule has 2 rings (SSSR count). The van der Waals surface area contributed by atoms with Gasteiger partial charge < -0.3 is 9.47 Å². The summed E-state index contributed by atoms with van der Waals surface area (Å²) in [6.07, 6.45) is 0. The van der Waals surface area contributed by atoms with Gasteiger partial charge in [0.05, 0.1) is 7.11 Å². The van der Waals surface area contributed by atoms with E-state index in [4.69, 9.17) is 14.7 Å². The lowest BCUT2D eigenvalue weighted by Crippen LogP contribution is -2.00. The first kappa shape index (κ1) is 12.9. The number of hydrogen-bond donors (Lipinski definition) is 0. The number of aryl methyl sites for hydroxylation is 1. The fraction of sp³-hybridized carbons (Fsp3) is 0.200. The Labute approximate surface area is 112 Å². The number of nitriles is 1. The Balaban J connectivity index is 2.14. The van der Waals surface area contributed by atoms with Gasteiger partial charge in [-0.15, -0.1) is 0 Å². The second kappa shape index (κ2) is 5.87. The Morgan fingerprint density at radius 3 is 2.84 bits per heavy atom. The minimum atomic E-state index is 0.350. The second-order valence-corrected chi connectivity index (χ2v) is 4.06. The molecule has 0 bridgehead atoms. The Kier molecular flexibility index (Phi) is 3.99. The summed E-state index contributed by atoms with van der Waals surface area (Å²) in [6, 6.07) is 13.2. The van der Waals surface area contributed by atoms with Crippen molar-refractivity contribution in [1.82, 2.24) is 4.98 Å². The highest BCUT2D eigenvalue weighted by atomic mass is 16.5. The molecule has 1 heterocycles. The molecule has 96 valence electrons. The molecule has 0 spiro atoms. The summed E-state index contributed by atoms with van der Waals surface area (Å²) in [6.45, 7) is 2.21. The minimum absolute atomic E-state index is 0.350. The van der Waals surface area contributed by atoms with Gasteiger partial charge in [0.2, 0.25) is 5.88 Å². The van der Waals surface area contributed by atoms with Gasteiger partial charge in [-0.05, 0) is 36.8 Å². The van der Waals surface area contributed by atoms with Crippen molar-refractivity contribution >= 4 is 0 Å². The van der Waals surface area contributed by atoms with Crippen molar-refractivity contribution in [3.05, 3.63) is 53.2 Å². The maximum Gasteiger partial charge on any atom is 0.232 e. The molecule has 4 heteroatoms. The third kappa shape index (κ3) is 3.23. The van der Waals surface area contributed by atoms with Crippen LogP contribution >= 0.6 is 0 Å². The molecule has 0 radical (unpaired) electrons. The van der Waals surface area contributed by atoms with Gasteiger partial charge in [0.25, 0.3) is 0 Å². The maximum atomic E-state index is 9.00. The zero-order valence-electron chi connectivity index (χ0n) is 10.9. The molecular weight excluding hydrogens is 240 g/mol. The molecule has 1 aromatic carbocycles. The summed E-state index contributed by atoms with van der Waals surface area (Å²) >= 11 is 0. The number of aromatic nitrogens is 1. The highest BCUT2D eigenvalue weighted by Crippen LogP contribution is 2.18. The first-order valence-corrected chi connectivity index (χ1v) is 5.86. The monoisotopic (exact) mass is 254 g/mol. The third-order valence-corrected chi connectivity index (χ3v) is 2.63. The van der Waals surface area contributed by atoms with E-state index in [-0.39, 0.29) is 0 Å². The predicted octanol–water partition coefficient (Wildman–Crippen LogP) is 2.85. The number of hydrogen-bond acceptors (Lipinski definition) is 4. The summed E-state index contributed by atoms with van der Waals surface area (Å²) in [5.74, 6) is 1.14. The number of rotatable bonds is 4. The van der Waals surface area contributed by atoms with E-state index < -0.39 is 0 Å². The molecule has 19 heavy (non-hydrogen) atoms. The summed E-state index contributed by atoms with van der Waals surface area (Å²) in [4.78, 5) is 4.23. The minimum Gasteiger partial charge on any atom is -0.497 e. The number of benzene rings is 1. The summed E-state index contributed by atoms with van der Waals surface area (Å²) < 4.78 is 10.8. The van der Waals surface area contributed by atoms with Crippen LogP contribution < -0.4 is 9.47 Å². The standard InChI is InChI=1S/C15H14N2O2/c1-11-6-7-13(9-16)15(17-11)19-10-12-4-3-5-14(8-12)18-2/h3-8H,10H2,1-2H3. The average molecular weight is 254 g/mol. The Bertz CT molecular complexity index is 618. The number of pyridine rings is 1. The molecule has 0 saturated carbocycles. The van der Waals surface area contributed by atoms with E-state index in [2.05, 4.69) is 11.1 Å². The molecular formula is C15H14N2O2. The number of methoxy groups -OCH3 is 1. The van der Waals surface area contributed by atoms with E-state index in [0.717, 1.165) is 17.0 Å². The van der Waals surface area contributed by atoms with E-state index in [9.17, 15) is 0 Å². The maximum absolute atomic E-state index is 9.00. The van der Waals surface area contributed by atoms with Crippen molar-refractivity contribution in [3.8, 4) is 17.7 Å². The van der Waals surface area contributed by atoms with E-state index >= 15 is 0 Å². The van der Waals surface area contributed by atoms with Crippen LogP contribution in [0, 0.1) is 18.3 Å². The van der Waals surface area contributed by atoms with E-state index in [0.29, 0.717) is 18.1 Å². The molecule has 0 amide bonds. The molecule has 0 aliphatic heterocycles. The van der Waals surface area contributed by atoms with Gasteiger partial charge in [-0.2, -0.15) is 5.26 Å². The van der Waals surface area contributed by atoms with Crippen LogP contribution in [0.5, 0.6) is 11.6 Å². The van der Waals surface area contributed by atoms with Crippen molar-refractivity contribution in [2.75, 3.05) is 7.11 Å². The Morgan fingerprint density at radius 2 is 2.11 bits per heavy atom. The van der Waals surface area contributed by atoms with Gasteiger partial charge in [0, 0.05) is 5.69 Å². The van der Waals surface area contributed by atoms with Crippen molar-refractivity contribution in [1.29, 1.82) is 5.26 Å². The molecule has 1 aromatic heterocycles. The highest BCUT2D eigenvalue weighted by molar-refractivity contribution is 5.39. The summed E-state index contributed by atoms with van der Waals surface area (Å²) in [7, 11) is 1.62. The molecule has 2 aromatic rings. The van der Waals surface area contributed by atoms with Gasteiger partial charge in [-0.25, -0.2) is 4.98 Å². The van der Waals surface area contributed by atoms with Crippen molar-refractivity contribution in [2.45, 2.75) is 13.5 Å². The zero-order valence-corrected chi connectivity index (χ0v) is 10.9. The Morgan fingerprint density at radius 1 is 1.26 bits per heavy atom. The largest absolute Gasteiger partial charge is 0.497 e. The molecule has 0 fully saturated rings. The number of ether oxygens (including phenoxy) is 2. The van der Waals surface area contributed by atoms with Crippen LogP contribution in [0.3, 0.4) is 0 Å². The molecule has 0 unspecified atom stereocenters. The van der Waals surface area contributed by atoms with Crippen LogP contribution in [0.2, 0.25) is 0 Å². The van der Waals surface area contributed by atoms with E-state index in [1.807, 2.05) is 31.2 Å². The van der Waals surface area contributed by atoms with Crippen LogP contribution in [0.15, 0.2) is 36.4 Å². The zero-order chi connectivity index (χ0) is 13.7. The van der Waals surface area contributed by atoms with Crippen LogP contribution in [0.4, 0.5) is 0 Å². The van der Waals surface area contributed by atoms with Crippen LogP contribution in [-0.4, -0.2) is 12.1 Å². The lowest BCUT2D eigenvalue weighted by molar-refractivity contribution is 0.291. The van der Waals surface area contributed by atoms with Gasteiger partial charge >= 0.3 is 0 Å². The van der Waals surface area contributed by atoms with E-state index in [1.54, 1.807) is 19.2 Å². The number of nitrogens with zero attached hydrogens (tertiary/aromatic N) is 2. The van der Waals surface area contributed by atoms with Gasteiger partial charge in [0.15, 0.2) is 0 Å². The highest BCUT2D eigenvalue weighted by Gasteiger charge is 2.06. The quantitative estimate of drug-likeness (QED) is 0.841. The molecule has 0 saturated heterocycles.